The Balaban J connectivity index is 1.72. The van der Waals surface area contributed by atoms with E-state index in [9.17, 15) is 19.8 Å². The molecular formula is C27H22I2O5. The molecule has 5 nitrogen and oxygen atoms in total. The van der Waals surface area contributed by atoms with Crippen molar-refractivity contribution in [2.24, 2.45) is 0 Å². The van der Waals surface area contributed by atoms with Crippen LogP contribution in [0.25, 0.3) is 11.0 Å². The van der Waals surface area contributed by atoms with E-state index in [4.69, 9.17) is 4.42 Å². The summed E-state index contributed by atoms with van der Waals surface area (Å²) in [5, 5.41) is 21.3. The summed E-state index contributed by atoms with van der Waals surface area (Å²) in [7, 11) is 0. The molecule has 0 aliphatic carbocycles. The Labute approximate surface area is 224 Å². The van der Waals surface area contributed by atoms with Crippen molar-refractivity contribution in [2.75, 3.05) is 0 Å². The van der Waals surface area contributed by atoms with Crippen molar-refractivity contribution in [3.8, 4) is 11.5 Å². The first-order valence-electron chi connectivity index (χ1n) is 10.8. The molecule has 0 saturated heterocycles. The summed E-state index contributed by atoms with van der Waals surface area (Å²) in [6.45, 7) is 2.00. The van der Waals surface area contributed by atoms with Crippen LogP contribution in [0.2, 0.25) is 0 Å². The quantitative estimate of drug-likeness (QED) is 0.162. The van der Waals surface area contributed by atoms with Gasteiger partial charge in [0.05, 0.1) is 12.7 Å². The zero-order valence-electron chi connectivity index (χ0n) is 18.4. The van der Waals surface area contributed by atoms with E-state index in [0.717, 1.165) is 12.0 Å². The largest absolute Gasteiger partial charge is 0.508 e. The van der Waals surface area contributed by atoms with Crippen molar-refractivity contribution >= 4 is 67.7 Å². The van der Waals surface area contributed by atoms with Gasteiger partial charge in [-0.2, -0.15) is 0 Å². The number of aromatic hydroxyl groups is 2. The molecule has 4 rings (SSSR count). The molecule has 0 amide bonds. The number of carbonyl (C=O) groups is 2. The highest BCUT2D eigenvalue weighted by atomic mass is 127. The van der Waals surface area contributed by atoms with Gasteiger partial charge in [0, 0.05) is 35.8 Å². The van der Waals surface area contributed by atoms with Gasteiger partial charge in [0.25, 0.3) is 0 Å². The molecule has 0 bridgehead atoms. The Morgan fingerprint density at radius 3 is 2.26 bits per heavy atom. The fraction of sp³-hybridized carbons (Fsp3) is 0.185. The molecule has 4 aromatic rings. The number of hydrogen-bond acceptors (Lipinski definition) is 5. The highest BCUT2D eigenvalue weighted by Gasteiger charge is 2.24. The summed E-state index contributed by atoms with van der Waals surface area (Å²) < 4.78 is 7.23. The number of phenolic OH excluding ortho intramolecular Hbond substituents is 2. The molecule has 7 heteroatoms. The van der Waals surface area contributed by atoms with Crippen molar-refractivity contribution in [1.29, 1.82) is 0 Å². The molecule has 1 heterocycles. The number of Topliss-reactive ketones (excluding diaryl/α,β-unsaturated/α-hetero) is 1. The lowest BCUT2D eigenvalue weighted by Crippen LogP contribution is -2.07. The zero-order valence-corrected chi connectivity index (χ0v) is 22.7. The van der Waals surface area contributed by atoms with Gasteiger partial charge in [-0.15, -0.1) is 0 Å². The second kappa shape index (κ2) is 10.5. The van der Waals surface area contributed by atoms with Crippen LogP contribution in [-0.2, 0) is 24.1 Å². The zero-order chi connectivity index (χ0) is 24.4. The molecule has 0 radical (unpaired) electrons. The smallest absolute Gasteiger partial charge is 0.197 e. The Hall–Kier alpha value is -2.40. The summed E-state index contributed by atoms with van der Waals surface area (Å²) in [4.78, 5) is 26.1. The molecule has 0 unspecified atom stereocenters. The lowest BCUT2D eigenvalue weighted by atomic mass is 9.96. The van der Waals surface area contributed by atoms with Crippen LogP contribution in [0.4, 0.5) is 0 Å². The average Bonchev–Trinajstić information content (AvgIpc) is 3.14. The number of halogens is 2. The van der Waals surface area contributed by atoms with Gasteiger partial charge in [-0.1, -0.05) is 37.3 Å². The number of hydrogen-bond donors (Lipinski definition) is 2. The maximum atomic E-state index is 13.5. The van der Waals surface area contributed by atoms with Crippen LogP contribution in [0, 0.1) is 7.14 Å². The molecule has 1 aromatic heterocycles. The molecular weight excluding hydrogens is 658 g/mol. The van der Waals surface area contributed by atoms with E-state index in [1.807, 2.05) is 82.4 Å². The van der Waals surface area contributed by atoms with Crippen molar-refractivity contribution in [3.05, 3.63) is 89.8 Å². The lowest BCUT2D eigenvalue weighted by molar-refractivity contribution is -0.117. The van der Waals surface area contributed by atoms with Crippen LogP contribution in [0.15, 0.2) is 59.0 Å². The topological polar surface area (TPSA) is 87.7 Å². The number of carbonyl (C=O) groups excluding carboxylic acids is 2. The first-order chi connectivity index (χ1) is 16.3. The number of rotatable bonds is 8. The number of phenols is 2. The Morgan fingerprint density at radius 1 is 0.941 bits per heavy atom. The molecule has 0 fully saturated rings. The average molecular weight is 680 g/mol. The molecule has 0 aliphatic heterocycles. The Bertz CT molecular complexity index is 1370. The van der Waals surface area contributed by atoms with E-state index in [1.165, 1.54) is 6.07 Å². The van der Waals surface area contributed by atoms with Gasteiger partial charge < -0.3 is 14.6 Å². The van der Waals surface area contributed by atoms with Crippen molar-refractivity contribution in [3.63, 3.8) is 0 Å². The van der Waals surface area contributed by atoms with Crippen molar-refractivity contribution in [1.82, 2.24) is 0 Å². The minimum atomic E-state index is -0.231. The Morgan fingerprint density at radius 2 is 1.62 bits per heavy atom. The van der Waals surface area contributed by atoms with E-state index < -0.39 is 0 Å². The molecule has 34 heavy (non-hydrogen) atoms. The molecule has 0 saturated carbocycles. The van der Waals surface area contributed by atoms with Gasteiger partial charge in [0.15, 0.2) is 5.78 Å². The van der Waals surface area contributed by atoms with Crippen molar-refractivity contribution in [2.45, 2.75) is 32.6 Å². The number of furan rings is 1. The van der Waals surface area contributed by atoms with Gasteiger partial charge in [-0.25, -0.2) is 0 Å². The summed E-state index contributed by atoms with van der Waals surface area (Å²) in [5.41, 5.74) is 2.70. The fourth-order valence-corrected chi connectivity index (χ4v) is 5.73. The van der Waals surface area contributed by atoms with Gasteiger partial charge in [-0.3, -0.25) is 9.59 Å². The fourth-order valence-electron chi connectivity index (χ4n) is 3.96. The van der Waals surface area contributed by atoms with Crippen LogP contribution in [0.1, 0.15) is 46.2 Å². The summed E-state index contributed by atoms with van der Waals surface area (Å²) >= 11 is 3.99. The predicted octanol–water partition coefficient (Wildman–Crippen LogP) is 6.59. The standard InChI is InChI=1S/C27H22I2O5/c1-2-6-23-25(26(32)17-11-20(28)27(33)21(29)12-17)19-14-22(31)16(13-24(19)34-23)10-18(30)9-15-7-4-3-5-8-15/h3-5,7-8,11-14,31,33H,2,6,9-10H2,1H3. The Kier molecular flexibility index (Phi) is 7.61. The molecule has 0 spiro atoms. The predicted molar refractivity (Wildman–Crippen MR) is 148 cm³/mol. The number of aryl methyl sites for hydroxylation is 1. The first-order valence-corrected chi connectivity index (χ1v) is 13.0. The third-order valence-electron chi connectivity index (χ3n) is 5.58. The number of ketones is 2. The first kappa shape index (κ1) is 24.7. The van der Waals surface area contributed by atoms with Gasteiger partial charge >= 0.3 is 0 Å². The SMILES string of the molecule is CCCc1oc2cc(CC(=O)Cc3ccccc3)c(O)cc2c1C(=O)c1cc(I)c(O)c(I)c1. The molecule has 0 aliphatic rings. The second-order valence-corrected chi connectivity index (χ2v) is 10.4. The van der Waals surface area contributed by atoms with E-state index in [1.54, 1.807) is 18.2 Å². The highest BCUT2D eigenvalue weighted by molar-refractivity contribution is 14.1. The summed E-state index contributed by atoms with van der Waals surface area (Å²) in [6.07, 6.45) is 1.68. The van der Waals surface area contributed by atoms with E-state index in [2.05, 4.69) is 0 Å². The number of fused-ring (bicyclic) bond motifs is 1. The van der Waals surface area contributed by atoms with E-state index in [-0.39, 0.29) is 35.9 Å². The summed E-state index contributed by atoms with van der Waals surface area (Å²) in [5.74, 6) is 0.400. The highest BCUT2D eigenvalue weighted by Crippen LogP contribution is 2.35. The molecule has 0 atom stereocenters. The van der Waals surface area contributed by atoms with Gasteiger partial charge in [0.2, 0.25) is 0 Å². The maximum Gasteiger partial charge on any atom is 0.197 e. The van der Waals surface area contributed by atoms with Crippen LogP contribution in [-0.4, -0.2) is 21.8 Å². The van der Waals surface area contributed by atoms with Gasteiger partial charge in [-0.05, 0) is 81.4 Å². The van der Waals surface area contributed by atoms with Crippen LogP contribution >= 0.6 is 45.2 Å². The van der Waals surface area contributed by atoms with Crippen molar-refractivity contribution < 1.29 is 24.2 Å². The van der Waals surface area contributed by atoms with Crippen LogP contribution in [0.3, 0.4) is 0 Å². The monoisotopic (exact) mass is 680 g/mol. The van der Waals surface area contributed by atoms with Gasteiger partial charge in [0.1, 0.15) is 28.6 Å². The molecule has 2 N–H and O–H groups in total. The minimum absolute atomic E-state index is 0.0225. The normalized spacial score (nSPS) is 11.1. The minimum Gasteiger partial charge on any atom is -0.508 e. The molecule has 174 valence electrons. The van der Waals surface area contributed by atoms with E-state index in [0.29, 0.717) is 47.0 Å². The van der Waals surface area contributed by atoms with Crippen LogP contribution in [0.5, 0.6) is 11.5 Å². The van der Waals surface area contributed by atoms with Crippen LogP contribution < -0.4 is 0 Å². The second-order valence-electron chi connectivity index (χ2n) is 8.12. The lowest BCUT2D eigenvalue weighted by Gasteiger charge is -2.07. The third-order valence-corrected chi connectivity index (χ3v) is 7.22. The third kappa shape index (κ3) is 5.14. The summed E-state index contributed by atoms with van der Waals surface area (Å²) in [6, 6.07) is 15.9. The maximum absolute atomic E-state index is 13.5. The van der Waals surface area contributed by atoms with E-state index >= 15 is 0 Å². The number of benzene rings is 3. The molecule has 3 aromatic carbocycles.